The van der Waals surface area contributed by atoms with Crippen LogP contribution in [0.4, 0.5) is 11.4 Å². The van der Waals surface area contributed by atoms with Gasteiger partial charge in [0.15, 0.2) is 6.61 Å². The van der Waals surface area contributed by atoms with Crippen molar-refractivity contribution in [3.63, 3.8) is 0 Å². The first-order valence-electron chi connectivity index (χ1n) is 7.39. The highest BCUT2D eigenvalue weighted by Crippen LogP contribution is 2.27. The Labute approximate surface area is 153 Å². The Bertz CT molecular complexity index is 823. The van der Waals surface area contributed by atoms with E-state index in [1.54, 1.807) is 31.4 Å². The fourth-order valence-electron chi connectivity index (χ4n) is 2.07. The summed E-state index contributed by atoms with van der Waals surface area (Å²) < 4.78 is 9.88. The van der Waals surface area contributed by atoms with Crippen LogP contribution in [0, 0.1) is 10.1 Å². The molecular weight excluding hydrogens is 364 g/mol. The summed E-state index contributed by atoms with van der Waals surface area (Å²) in [6, 6.07) is 10.3. The molecule has 1 N–H and O–H groups in total. The quantitative estimate of drug-likeness (QED) is 0.450. The highest BCUT2D eigenvalue weighted by molar-refractivity contribution is 6.31. The number of nitro groups is 1. The molecule has 0 aliphatic carbocycles. The maximum Gasteiger partial charge on any atom is 0.338 e. The van der Waals surface area contributed by atoms with Gasteiger partial charge in [-0.15, -0.1) is 0 Å². The molecule has 0 aliphatic heterocycles. The number of methoxy groups -OCH3 is 1. The zero-order valence-corrected chi connectivity index (χ0v) is 14.5. The molecule has 0 saturated carbocycles. The number of halogens is 1. The molecule has 0 saturated heterocycles. The molecule has 2 rings (SSSR count). The lowest BCUT2D eigenvalue weighted by molar-refractivity contribution is -0.383. The van der Waals surface area contributed by atoms with E-state index in [4.69, 9.17) is 21.1 Å². The summed E-state index contributed by atoms with van der Waals surface area (Å²) in [6.07, 6.45) is 0. The lowest BCUT2D eigenvalue weighted by Crippen LogP contribution is -2.21. The van der Waals surface area contributed by atoms with E-state index in [2.05, 4.69) is 5.32 Å². The van der Waals surface area contributed by atoms with Gasteiger partial charge in [0.2, 0.25) is 0 Å². The summed E-state index contributed by atoms with van der Waals surface area (Å²) in [6.45, 7) is -0.171. The van der Waals surface area contributed by atoms with Gasteiger partial charge >= 0.3 is 5.97 Å². The lowest BCUT2D eigenvalue weighted by Gasteiger charge is -2.08. The number of anilines is 1. The third kappa shape index (κ3) is 5.27. The van der Waals surface area contributed by atoms with Crippen molar-refractivity contribution in [3.05, 3.63) is 68.7 Å². The fourth-order valence-corrected chi connectivity index (χ4v) is 2.23. The molecule has 0 unspecified atom stereocenters. The summed E-state index contributed by atoms with van der Waals surface area (Å²) in [5.74, 6) is -1.39. The van der Waals surface area contributed by atoms with Crippen molar-refractivity contribution in [2.24, 2.45) is 0 Å². The van der Waals surface area contributed by atoms with Crippen molar-refractivity contribution in [1.29, 1.82) is 0 Å². The molecule has 136 valence electrons. The van der Waals surface area contributed by atoms with Crippen LogP contribution in [0.25, 0.3) is 0 Å². The SMILES string of the molecule is COCc1ccc(C(=O)OCC(=O)Nc2ccc(Cl)cc2[N+](=O)[O-])cc1. The molecular formula is C17H15ClN2O6. The molecule has 9 heteroatoms. The van der Waals surface area contributed by atoms with Gasteiger partial charge in [-0.25, -0.2) is 4.79 Å². The number of nitrogens with one attached hydrogen (secondary N) is 1. The number of benzene rings is 2. The molecule has 2 aromatic rings. The number of esters is 1. The van der Waals surface area contributed by atoms with E-state index in [0.29, 0.717) is 6.61 Å². The van der Waals surface area contributed by atoms with Crippen LogP contribution in [0.2, 0.25) is 5.02 Å². The number of nitro benzene ring substituents is 1. The van der Waals surface area contributed by atoms with Gasteiger partial charge in [0.25, 0.3) is 11.6 Å². The number of carbonyl (C=O) groups excluding carboxylic acids is 2. The van der Waals surface area contributed by atoms with Crippen molar-refractivity contribution in [2.75, 3.05) is 19.0 Å². The number of hydrogen-bond acceptors (Lipinski definition) is 6. The topological polar surface area (TPSA) is 108 Å². The average Bonchev–Trinajstić information content (AvgIpc) is 2.62. The Morgan fingerprint density at radius 1 is 1.19 bits per heavy atom. The van der Waals surface area contributed by atoms with Crippen LogP contribution in [0.5, 0.6) is 0 Å². The van der Waals surface area contributed by atoms with Crippen molar-refractivity contribution in [3.8, 4) is 0 Å². The van der Waals surface area contributed by atoms with E-state index in [0.717, 1.165) is 11.6 Å². The van der Waals surface area contributed by atoms with E-state index in [-0.39, 0.29) is 22.0 Å². The van der Waals surface area contributed by atoms with Crippen molar-refractivity contribution >= 4 is 34.9 Å². The molecule has 0 atom stereocenters. The molecule has 26 heavy (non-hydrogen) atoms. The Morgan fingerprint density at radius 2 is 1.88 bits per heavy atom. The van der Waals surface area contributed by atoms with E-state index < -0.39 is 23.4 Å². The summed E-state index contributed by atoms with van der Waals surface area (Å²) in [5, 5.41) is 13.5. The van der Waals surface area contributed by atoms with E-state index in [1.165, 1.54) is 12.1 Å². The van der Waals surface area contributed by atoms with Crippen LogP contribution >= 0.6 is 11.6 Å². The first-order chi connectivity index (χ1) is 12.4. The molecule has 1 amide bonds. The predicted octanol–water partition coefficient (Wildman–Crippen LogP) is 3.19. The monoisotopic (exact) mass is 378 g/mol. The molecule has 0 radical (unpaired) electrons. The van der Waals surface area contributed by atoms with Crippen molar-refractivity contribution in [2.45, 2.75) is 6.61 Å². The predicted molar refractivity (Wildman–Crippen MR) is 94.2 cm³/mol. The first-order valence-corrected chi connectivity index (χ1v) is 7.77. The Morgan fingerprint density at radius 3 is 2.50 bits per heavy atom. The third-order valence-electron chi connectivity index (χ3n) is 3.27. The normalized spacial score (nSPS) is 10.2. The summed E-state index contributed by atoms with van der Waals surface area (Å²) >= 11 is 5.70. The third-order valence-corrected chi connectivity index (χ3v) is 3.50. The minimum absolute atomic E-state index is 0.0376. The first kappa shape index (κ1) is 19.4. The molecule has 0 heterocycles. The van der Waals surface area contributed by atoms with Crippen LogP contribution in [0.1, 0.15) is 15.9 Å². The van der Waals surface area contributed by atoms with Gasteiger partial charge in [-0.1, -0.05) is 23.7 Å². The Balaban J connectivity index is 1.94. The highest BCUT2D eigenvalue weighted by Gasteiger charge is 2.17. The summed E-state index contributed by atoms with van der Waals surface area (Å²) in [4.78, 5) is 34.1. The fraction of sp³-hybridized carbons (Fsp3) is 0.176. The zero-order valence-electron chi connectivity index (χ0n) is 13.7. The lowest BCUT2D eigenvalue weighted by atomic mass is 10.1. The second-order valence-electron chi connectivity index (χ2n) is 5.17. The number of rotatable bonds is 7. The standard InChI is InChI=1S/C17H15ClN2O6/c1-25-9-11-2-4-12(5-3-11)17(22)26-10-16(21)19-14-7-6-13(18)8-15(14)20(23)24/h2-8H,9-10H2,1H3,(H,19,21). The van der Waals surface area contributed by atoms with E-state index in [1.807, 2.05) is 0 Å². The minimum Gasteiger partial charge on any atom is -0.452 e. The smallest absolute Gasteiger partial charge is 0.338 e. The second-order valence-corrected chi connectivity index (χ2v) is 5.61. The number of hydrogen-bond donors (Lipinski definition) is 1. The van der Waals surface area contributed by atoms with Gasteiger partial charge in [0.1, 0.15) is 5.69 Å². The van der Waals surface area contributed by atoms with Crippen molar-refractivity contribution < 1.29 is 24.0 Å². The molecule has 2 aromatic carbocycles. The van der Waals surface area contributed by atoms with Crippen LogP contribution in [-0.4, -0.2) is 30.5 Å². The maximum atomic E-state index is 11.9. The molecule has 0 spiro atoms. The number of nitrogens with zero attached hydrogens (tertiary/aromatic N) is 1. The van der Waals surface area contributed by atoms with Gasteiger partial charge in [0.05, 0.1) is 17.1 Å². The summed E-state index contributed by atoms with van der Waals surface area (Å²) in [7, 11) is 1.56. The molecule has 0 fully saturated rings. The largest absolute Gasteiger partial charge is 0.452 e. The Hall–Kier alpha value is -2.97. The van der Waals surface area contributed by atoms with E-state index in [9.17, 15) is 19.7 Å². The average molecular weight is 379 g/mol. The second kappa shape index (κ2) is 8.93. The van der Waals surface area contributed by atoms with Gasteiger partial charge in [-0.3, -0.25) is 14.9 Å². The van der Waals surface area contributed by atoms with E-state index >= 15 is 0 Å². The van der Waals surface area contributed by atoms with Gasteiger partial charge in [-0.05, 0) is 29.8 Å². The van der Waals surface area contributed by atoms with Crippen LogP contribution < -0.4 is 5.32 Å². The number of amides is 1. The number of ether oxygens (including phenoxy) is 2. The van der Waals surface area contributed by atoms with Gasteiger partial charge in [0, 0.05) is 18.2 Å². The summed E-state index contributed by atoms with van der Waals surface area (Å²) in [5.41, 5.74) is 0.766. The van der Waals surface area contributed by atoms with Crippen LogP contribution in [0.3, 0.4) is 0 Å². The van der Waals surface area contributed by atoms with Crippen LogP contribution in [0.15, 0.2) is 42.5 Å². The molecule has 0 bridgehead atoms. The van der Waals surface area contributed by atoms with Gasteiger partial charge < -0.3 is 14.8 Å². The number of carbonyl (C=O) groups is 2. The zero-order chi connectivity index (χ0) is 19.1. The van der Waals surface area contributed by atoms with Crippen molar-refractivity contribution in [1.82, 2.24) is 0 Å². The molecule has 0 aromatic heterocycles. The molecule has 8 nitrogen and oxygen atoms in total. The molecule has 0 aliphatic rings. The highest BCUT2D eigenvalue weighted by atomic mass is 35.5. The van der Waals surface area contributed by atoms with Gasteiger partial charge in [-0.2, -0.15) is 0 Å². The maximum absolute atomic E-state index is 11.9. The Kier molecular flexibility index (Phi) is 6.65. The van der Waals surface area contributed by atoms with Crippen LogP contribution in [-0.2, 0) is 20.9 Å². The minimum atomic E-state index is -0.709.